The highest BCUT2D eigenvalue weighted by atomic mass is 16.2. The van der Waals surface area contributed by atoms with Gasteiger partial charge in [0.15, 0.2) is 0 Å². The normalized spacial score (nSPS) is 17.8. The van der Waals surface area contributed by atoms with E-state index in [0.717, 1.165) is 29.7 Å². The van der Waals surface area contributed by atoms with Gasteiger partial charge in [-0.05, 0) is 66.9 Å². The number of hydrogen-bond acceptors (Lipinski definition) is 4. The van der Waals surface area contributed by atoms with E-state index in [9.17, 15) is 9.59 Å². The highest BCUT2D eigenvalue weighted by Crippen LogP contribution is 2.28. The molecule has 2 aromatic rings. The van der Waals surface area contributed by atoms with Gasteiger partial charge in [-0.2, -0.15) is 0 Å². The SMILES string of the molecule is NCCCc1cccc(C2=CC3=CN(c4ccc(C(N)=O)cc4)C(=O)NC3N2)c1. The minimum Gasteiger partial charge on any atom is -0.366 e. The van der Waals surface area contributed by atoms with Gasteiger partial charge in [0.1, 0.15) is 6.17 Å². The Morgan fingerprint density at radius 3 is 2.62 bits per heavy atom. The van der Waals surface area contributed by atoms with Crippen LogP contribution in [0.4, 0.5) is 10.5 Å². The Bertz CT molecular complexity index is 1010. The molecule has 29 heavy (non-hydrogen) atoms. The third-order valence-electron chi connectivity index (χ3n) is 5.05. The van der Waals surface area contributed by atoms with E-state index in [1.807, 2.05) is 18.2 Å². The van der Waals surface area contributed by atoms with Gasteiger partial charge in [0.05, 0.1) is 5.69 Å². The second kappa shape index (κ2) is 7.81. The minimum absolute atomic E-state index is 0.246. The van der Waals surface area contributed by atoms with Crippen molar-refractivity contribution in [3.8, 4) is 0 Å². The molecule has 7 nitrogen and oxygen atoms in total. The molecular formula is C22H23N5O2. The van der Waals surface area contributed by atoms with Crippen molar-refractivity contribution in [3.05, 3.63) is 83.1 Å². The van der Waals surface area contributed by atoms with Crippen LogP contribution in [0.3, 0.4) is 0 Å². The zero-order chi connectivity index (χ0) is 20.4. The summed E-state index contributed by atoms with van der Waals surface area (Å²) in [4.78, 5) is 25.3. The molecule has 0 aliphatic carbocycles. The first-order valence-corrected chi connectivity index (χ1v) is 9.54. The van der Waals surface area contributed by atoms with Gasteiger partial charge in [0, 0.05) is 23.0 Å². The second-order valence-electron chi connectivity index (χ2n) is 7.09. The molecule has 7 heteroatoms. The van der Waals surface area contributed by atoms with E-state index in [2.05, 4.69) is 22.8 Å². The average molecular weight is 389 g/mol. The molecule has 2 aromatic carbocycles. The Labute approximate surface area is 169 Å². The monoisotopic (exact) mass is 389 g/mol. The van der Waals surface area contributed by atoms with Crippen molar-refractivity contribution in [3.63, 3.8) is 0 Å². The van der Waals surface area contributed by atoms with Gasteiger partial charge in [0.25, 0.3) is 0 Å². The maximum Gasteiger partial charge on any atom is 0.327 e. The summed E-state index contributed by atoms with van der Waals surface area (Å²) in [6.07, 6.45) is 5.46. The molecule has 6 N–H and O–H groups in total. The van der Waals surface area contributed by atoms with E-state index in [-0.39, 0.29) is 12.2 Å². The first kappa shape index (κ1) is 18.8. The molecule has 3 amide bonds. The van der Waals surface area contributed by atoms with Gasteiger partial charge in [0.2, 0.25) is 5.91 Å². The lowest BCUT2D eigenvalue weighted by Gasteiger charge is -2.29. The largest absolute Gasteiger partial charge is 0.366 e. The van der Waals surface area contributed by atoms with E-state index < -0.39 is 5.91 Å². The van der Waals surface area contributed by atoms with Crippen molar-refractivity contribution in [2.45, 2.75) is 19.0 Å². The summed E-state index contributed by atoms with van der Waals surface area (Å²) in [5, 5.41) is 6.33. The van der Waals surface area contributed by atoms with Crippen LogP contribution in [-0.2, 0) is 6.42 Å². The van der Waals surface area contributed by atoms with Crippen LogP contribution in [0.1, 0.15) is 27.9 Å². The number of carbonyl (C=O) groups excluding carboxylic acids is 2. The summed E-state index contributed by atoms with van der Waals surface area (Å²) in [7, 11) is 0. The van der Waals surface area contributed by atoms with Gasteiger partial charge in [-0.25, -0.2) is 4.79 Å². The first-order chi connectivity index (χ1) is 14.0. The molecule has 0 fully saturated rings. The maximum atomic E-state index is 12.6. The molecule has 0 saturated heterocycles. The highest BCUT2D eigenvalue weighted by Gasteiger charge is 2.31. The zero-order valence-electron chi connectivity index (χ0n) is 15.9. The molecule has 0 aromatic heterocycles. The fourth-order valence-corrected chi connectivity index (χ4v) is 3.51. The molecule has 2 aliphatic rings. The Morgan fingerprint density at radius 1 is 1.10 bits per heavy atom. The van der Waals surface area contributed by atoms with Crippen LogP contribution in [0.15, 0.2) is 66.4 Å². The van der Waals surface area contributed by atoms with E-state index in [4.69, 9.17) is 11.5 Å². The lowest BCUT2D eigenvalue weighted by molar-refractivity contribution is 0.100. The van der Waals surface area contributed by atoms with Crippen molar-refractivity contribution < 1.29 is 9.59 Å². The lowest BCUT2D eigenvalue weighted by Crippen LogP contribution is -2.51. The third kappa shape index (κ3) is 3.86. The number of amides is 3. The van der Waals surface area contributed by atoms with Crippen molar-refractivity contribution in [2.75, 3.05) is 11.4 Å². The molecule has 0 spiro atoms. The quantitative estimate of drug-likeness (QED) is 0.605. The first-order valence-electron chi connectivity index (χ1n) is 9.54. The van der Waals surface area contributed by atoms with Crippen LogP contribution in [0, 0.1) is 0 Å². The van der Waals surface area contributed by atoms with Gasteiger partial charge >= 0.3 is 6.03 Å². The maximum absolute atomic E-state index is 12.6. The molecular weight excluding hydrogens is 366 g/mol. The van der Waals surface area contributed by atoms with E-state index >= 15 is 0 Å². The number of hydrogen-bond donors (Lipinski definition) is 4. The number of aryl methyl sites for hydroxylation is 1. The van der Waals surface area contributed by atoms with Crippen molar-refractivity contribution in [2.24, 2.45) is 11.5 Å². The number of nitrogens with zero attached hydrogens (tertiary/aromatic N) is 1. The number of rotatable bonds is 6. The van der Waals surface area contributed by atoms with Gasteiger partial charge in [-0.15, -0.1) is 0 Å². The Kier molecular flexibility index (Phi) is 5.05. The lowest BCUT2D eigenvalue weighted by atomic mass is 10.0. The fourth-order valence-electron chi connectivity index (χ4n) is 3.51. The molecule has 1 atom stereocenters. The highest BCUT2D eigenvalue weighted by molar-refractivity contribution is 5.98. The molecule has 1 unspecified atom stereocenters. The third-order valence-corrected chi connectivity index (χ3v) is 5.05. The predicted molar refractivity (Wildman–Crippen MR) is 113 cm³/mol. The van der Waals surface area contributed by atoms with Gasteiger partial charge < -0.3 is 22.1 Å². The number of primary amides is 1. The minimum atomic E-state index is -0.501. The Morgan fingerprint density at radius 2 is 1.90 bits per heavy atom. The topological polar surface area (TPSA) is 113 Å². The molecule has 148 valence electrons. The van der Waals surface area contributed by atoms with Crippen molar-refractivity contribution in [1.82, 2.24) is 10.6 Å². The van der Waals surface area contributed by atoms with Crippen LogP contribution in [0.5, 0.6) is 0 Å². The second-order valence-corrected chi connectivity index (χ2v) is 7.09. The summed E-state index contributed by atoms with van der Waals surface area (Å²) in [5.74, 6) is -0.501. The summed E-state index contributed by atoms with van der Waals surface area (Å²) in [6.45, 7) is 0.669. The van der Waals surface area contributed by atoms with Crippen LogP contribution < -0.4 is 27.0 Å². The molecule has 0 saturated carbocycles. The summed E-state index contributed by atoms with van der Waals surface area (Å²) in [6, 6.07) is 14.7. The summed E-state index contributed by atoms with van der Waals surface area (Å²) >= 11 is 0. The number of nitrogens with two attached hydrogens (primary N) is 2. The van der Waals surface area contributed by atoms with Crippen molar-refractivity contribution >= 4 is 23.3 Å². The van der Waals surface area contributed by atoms with E-state index in [1.165, 1.54) is 10.5 Å². The number of fused-ring (bicyclic) bond motifs is 1. The standard InChI is InChI=1S/C22H23N5O2/c23-10-2-4-14-3-1-5-16(11-14)19-12-17-13-27(22(29)26-21(17)25-19)18-8-6-15(7-9-18)20(24)28/h1,3,5-9,11-13,21,25H,2,4,10,23H2,(H2,24,28)(H,26,29). The van der Waals surface area contributed by atoms with Crippen molar-refractivity contribution in [1.29, 1.82) is 0 Å². The summed E-state index contributed by atoms with van der Waals surface area (Å²) < 4.78 is 0. The molecule has 0 radical (unpaired) electrons. The Hall–Kier alpha value is -3.58. The molecule has 4 rings (SSSR count). The predicted octanol–water partition coefficient (Wildman–Crippen LogP) is 2.06. The molecule has 2 aliphatic heterocycles. The number of benzene rings is 2. The molecule has 2 heterocycles. The Balaban J connectivity index is 1.58. The smallest absolute Gasteiger partial charge is 0.327 e. The van der Waals surface area contributed by atoms with E-state index in [1.54, 1.807) is 30.5 Å². The number of nitrogens with one attached hydrogen (secondary N) is 2. The van der Waals surface area contributed by atoms with Crippen LogP contribution >= 0.6 is 0 Å². The van der Waals surface area contributed by atoms with Gasteiger partial charge in [-0.1, -0.05) is 18.2 Å². The fraction of sp³-hybridized carbons (Fsp3) is 0.182. The van der Waals surface area contributed by atoms with Crippen LogP contribution in [-0.4, -0.2) is 24.6 Å². The van der Waals surface area contributed by atoms with E-state index in [0.29, 0.717) is 17.8 Å². The number of urea groups is 1. The van der Waals surface area contributed by atoms with Crippen LogP contribution in [0.2, 0.25) is 0 Å². The number of carbonyl (C=O) groups is 2. The van der Waals surface area contributed by atoms with Gasteiger partial charge in [-0.3, -0.25) is 9.69 Å². The molecule has 0 bridgehead atoms. The number of anilines is 1. The van der Waals surface area contributed by atoms with Crippen LogP contribution in [0.25, 0.3) is 5.70 Å². The summed E-state index contributed by atoms with van der Waals surface area (Å²) in [5.41, 5.74) is 16.2. The average Bonchev–Trinajstić information content (AvgIpc) is 3.15. The zero-order valence-corrected chi connectivity index (χ0v) is 15.9.